The molecular formula is C11H15Cl2FN2O. The van der Waals surface area contributed by atoms with Crippen molar-refractivity contribution in [3.05, 3.63) is 34.6 Å². The maximum atomic E-state index is 13.3. The SMILES string of the molecule is CC(N)CCNC(=O)c1ccc(Cl)cc1F.Cl. The number of hydrogen-bond donors (Lipinski definition) is 2. The summed E-state index contributed by atoms with van der Waals surface area (Å²) in [7, 11) is 0. The first-order valence-electron chi connectivity index (χ1n) is 4.99. The summed E-state index contributed by atoms with van der Waals surface area (Å²) in [6, 6.07) is 3.96. The van der Waals surface area contributed by atoms with Crippen molar-refractivity contribution < 1.29 is 9.18 Å². The Labute approximate surface area is 111 Å². The van der Waals surface area contributed by atoms with Crippen molar-refractivity contribution in [3.8, 4) is 0 Å². The molecule has 0 aliphatic carbocycles. The molecular weight excluding hydrogens is 266 g/mol. The average Bonchev–Trinajstić information content (AvgIpc) is 2.16. The van der Waals surface area contributed by atoms with E-state index in [9.17, 15) is 9.18 Å². The molecule has 3 nitrogen and oxygen atoms in total. The molecule has 0 radical (unpaired) electrons. The predicted octanol–water partition coefficient (Wildman–Crippen LogP) is 2.37. The van der Waals surface area contributed by atoms with Crippen LogP contribution >= 0.6 is 24.0 Å². The van der Waals surface area contributed by atoms with Gasteiger partial charge in [-0.3, -0.25) is 4.79 Å². The zero-order chi connectivity index (χ0) is 12.1. The molecule has 0 spiro atoms. The van der Waals surface area contributed by atoms with E-state index in [2.05, 4.69) is 5.32 Å². The quantitative estimate of drug-likeness (QED) is 0.890. The van der Waals surface area contributed by atoms with E-state index in [-0.39, 0.29) is 29.0 Å². The van der Waals surface area contributed by atoms with Crippen molar-refractivity contribution in [2.45, 2.75) is 19.4 Å². The van der Waals surface area contributed by atoms with Gasteiger partial charge in [0.15, 0.2) is 0 Å². The Morgan fingerprint density at radius 1 is 1.59 bits per heavy atom. The molecule has 6 heteroatoms. The molecule has 0 bridgehead atoms. The highest BCUT2D eigenvalue weighted by molar-refractivity contribution is 6.30. The Bertz CT molecular complexity index is 386. The van der Waals surface area contributed by atoms with Crippen LogP contribution in [-0.2, 0) is 0 Å². The zero-order valence-electron chi connectivity index (χ0n) is 9.37. The monoisotopic (exact) mass is 280 g/mol. The molecule has 0 aliphatic heterocycles. The topological polar surface area (TPSA) is 55.1 Å². The van der Waals surface area contributed by atoms with Gasteiger partial charge in [0.2, 0.25) is 0 Å². The lowest BCUT2D eigenvalue weighted by Crippen LogP contribution is -2.29. The van der Waals surface area contributed by atoms with Gasteiger partial charge in [-0.25, -0.2) is 4.39 Å². The van der Waals surface area contributed by atoms with E-state index in [0.717, 1.165) is 6.07 Å². The third-order valence-electron chi connectivity index (χ3n) is 2.06. The number of carbonyl (C=O) groups excluding carboxylic acids is 1. The molecule has 96 valence electrons. The number of rotatable bonds is 4. The molecule has 1 rings (SSSR count). The highest BCUT2D eigenvalue weighted by atomic mass is 35.5. The summed E-state index contributed by atoms with van der Waals surface area (Å²) in [6.45, 7) is 2.27. The minimum Gasteiger partial charge on any atom is -0.352 e. The fraction of sp³-hybridized carbons (Fsp3) is 0.364. The van der Waals surface area contributed by atoms with Gasteiger partial charge in [-0.2, -0.15) is 0 Å². The van der Waals surface area contributed by atoms with Crippen LogP contribution in [0.5, 0.6) is 0 Å². The van der Waals surface area contributed by atoms with E-state index in [4.69, 9.17) is 17.3 Å². The van der Waals surface area contributed by atoms with Crippen LogP contribution in [-0.4, -0.2) is 18.5 Å². The van der Waals surface area contributed by atoms with Gasteiger partial charge in [0, 0.05) is 17.6 Å². The van der Waals surface area contributed by atoms with E-state index in [1.807, 2.05) is 6.92 Å². The molecule has 1 aromatic rings. The van der Waals surface area contributed by atoms with Gasteiger partial charge >= 0.3 is 0 Å². The number of benzene rings is 1. The molecule has 1 unspecified atom stereocenters. The molecule has 0 fully saturated rings. The van der Waals surface area contributed by atoms with Crippen LogP contribution in [0.3, 0.4) is 0 Å². The van der Waals surface area contributed by atoms with Crippen molar-refractivity contribution in [3.63, 3.8) is 0 Å². The second kappa shape index (κ2) is 7.48. The minimum atomic E-state index is -0.620. The van der Waals surface area contributed by atoms with Gasteiger partial charge < -0.3 is 11.1 Å². The minimum absolute atomic E-state index is 0. The Balaban J connectivity index is 0.00000256. The van der Waals surface area contributed by atoms with Crippen LogP contribution in [0, 0.1) is 5.82 Å². The lowest BCUT2D eigenvalue weighted by molar-refractivity contribution is 0.0949. The Morgan fingerprint density at radius 3 is 2.76 bits per heavy atom. The summed E-state index contributed by atoms with van der Waals surface area (Å²) >= 11 is 5.58. The van der Waals surface area contributed by atoms with Gasteiger partial charge in [0.05, 0.1) is 5.56 Å². The molecule has 1 amide bonds. The molecule has 3 N–H and O–H groups in total. The lowest BCUT2D eigenvalue weighted by Gasteiger charge is -2.07. The van der Waals surface area contributed by atoms with Crippen molar-refractivity contribution in [1.82, 2.24) is 5.32 Å². The first kappa shape index (κ1) is 16.2. The van der Waals surface area contributed by atoms with Crippen molar-refractivity contribution in [2.75, 3.05) is 6.54 Å². The number of halogens is 3. The van der Waals surface area contributed by atoms with Gasteiger partial charge in [-0.1, -0.05) is 11.6 Å². The summed E-state index contributed by atoms with van der Waals surface area (Å²) in [5.74, 6) is -1.07. The maximum absolute atomic E-state index is 13.3. The number of carbonyl (C=O) groups is 1. The summed E-state index contributed by atoms with van der Waals surface area (Å²) in [5.41, 5.74) is 5.52. The first-order valence-corrected chi connectivity index (χ1v) is 5.37. The van der Waals surface area contributed by atoms with Crippen LogP contribution in [0.4, 0.5) is 4.39 Å². The smallest absolute Gasteiger partial charge is 0.254 e. The van der Waals surface area contributed by atoms with E-state index >= 15 is 0 Å². The standard InChI is InChI=1S/C11H14ClFN2O.ClH/c1-7(14)4-5-15-11(16)9-3-2-8(12)6-10(9)13;/h2-3,6-7H,4-5,14H2,1H3,(H,15,16);1H. The second-order valence-corrected chi connectivity index (χ2v) is 4.08. The highest BCUT2D eigenvalue weighted by Gasteiger charge is 2.11. The molecule has 0 saturated carbocycles. The fourth-order valence-corrected chi connectivity index (χ4v) is 1.34. The molecule has 17 heavy (non-hydrogen) atoms. The van der Waals surface area contributed by atoms with E-state index in [1.165, 1.54) is 12.1 Å². The third kappa shape index (κ3) is 5.35. The van der Waals surface area contributed by atoms with Crippen molar-refractivity contribution >= 4 is 29.9 Å². The summed E-state index contributed by atoms with van der Waals surface area (Å²) < 4.78 is 13.3. The van der Waals surface area contributed by atoms with Crippen LogP contribution in [0.2, 0.25) is 5.02 Å². The van der Waals surface area contributed by atoms with Crippen LogP contribution in [0.1, 0.15) is 23.7 Å². The summed E-state index contributed by atoms with van der Waals surface area (Å²) in [4.78, 5) is 11.5. The van der Waals surface area contributed by atoms with E-state index in [1.54, 1.807) is 0 Å². The normalized spacial score (nSPS) is 11.5. The molecule has 1 atom stereocenters. The zero-order valence-corrected chi connectivity index (χ0v) is 10.9. The fourth-order valence-electron chi connectivity index (χ4n) is 1.18. The number of amides is 1. The Hall–Kier alpha value is -0.840. The molecule has 0 heterocycles. The van der Waals surface area contributed by atoms with Crippen LogP contribution < -0.4 is 11.1 Å². The van der Waals surface area contributed by atoms with Crippen molar-refractivity contribution in [2.24, 2.45) is 5.73 Å². The first-order chi connectivity index (χ1) is 7.50. The average molecular weight is 281 g/mol. The maximum Gasteiger partial charge on any atom is 0.254 e. The summed E-state index contributed by atoms with van der Waals surface area (Å²) in [6.07, 6.45) is 0.654. The van der Waals surface area contributed by atoms with Crippen molar-refractivity contribution in [1.29, 1.82) is 0 Å². The second-order valence-electron chi connectivity index (χ2n) is 3.65. The Kier molecular flexibility index (Phi) is 7.11. The van der Waals surface area contributed by atoms with E-state index in [0.29, 0.717) is 13.0 Å². The Morgan fingerprint density at radius 2 is 2.24 bits per heavy atom. The highest BCUT2D eigenvalue weighted by Crippen LogP contribution is 2.14. The molecule has 0 aromatic heterocycles. The predicted molar refractivity (Wildman–Crippen MR) is 69.3 cm³/mol. The molecule has 1 aromatic carbocycles. The molecule has 0 saturated heterocycles. The largest absolute Gasteiger partial charge is 0.352 e. The molecule has 0 aliphatic rings. The van der Waals surface area contributed by atoms with Gasteiger partial charge in [-0.05, 0) is 31.5 Å². The number of nitrogens with two attached hydrogens (primary N) is 1. The summed E-state index contributed by atoms with van der Waals surface area (Å²) in [5, 5.41) is 2.86. The van der Waals surface area contributed by atoms with Crippen LogP contribution in [0.15, 0.2) is 18.2 Å². The number of nitrogens with one attached hydrogen (secondary N) is 1. The lowest BCUT2D eigenvalue weighted by atomic mass is 10.2. The van der Waals surface area contributed by atoms with Gasteiger partial charge in [0.1, 0.15) is 5.82 Å². The third-order valence-corrected chi connectivity index (χ3v) is 2.30. The van der Waals surface area contributed by atoms with Gasteiger partial charge in [0.25, 0.3) is 5.91 Å². The van der Waals surface area contributed by atoms with Crippen LogP contribution in [0.25, 0.3) is 0 Å². The van der Waals surface area contributed by atoms with Gasteiger partial charge in [-0.15, -0.1) is 12.4 Å². The number of hydrogen-bond acceptors (Lipinski definition) is 2. The van der Waals surface area contributed by atoms with E-state index < -0.39 is 11.7 Å².